The summed E-state index contributed by atoms with van der Waals surface area (Å²) < 4.78 is 0. The van der Waals surface area contributed by atoms with Gasteiger partial charge in [0.2, 0.25) is 0 Å². The molecule has 0 spiro atoms. The Balaban J connectivity index is 3.05. The Morgan fingerprint density at radius 3 is 2.77 bits per heavy atom. The minimum absolute atomic E-state index is 0.138. The van der Waals surface area contributed by atoms with Crippen molar-refractivity contribution in [1.29, 1.82) is 0 Å². The highest BCUT2D eigenvalue weighted by molar-refractivity contribution is 5.94. The summed E-state index contributed by atoms with van der Waals surface area (Å²) in [5.74, 6) is 4.31. The third kappa shape index (κ3) is 2.00. The van der Waals surface area contributed by atoms with E-state index in [-0.39, 0.29) is 11.3 Å². The second kappa shape index (κ2) is 3.63. The second-order valence-electron chi connectivity index (χ2n) is 2.28. The Bertz CT molecular complexity index is 351. The lowest BCUT2D eigenvalue weighted by atomic mass is 9.90. The van der Waals surface area contributed by atoms with Crippen LogP contribution in [0.3, 0.4) is 0 Å². The second-order valence-corrected chi connectivity index (χ2v) is 2.28. The van der Waals surface area contributed by atoms with Crippen LogP contribution in [0, 0.1) is 10.1 Å². The van der Waals surface area contributed by atoms with Gasteiger partial charge in [0.15, 0.2) is 0 Å². The van der Waals surface area contributed by atoms with Gasteiger partial charge in [-0.3, -0.25) is 20.3 Å². The largest absolute Gasteiger partial charge is 0.290 e. The van der Waals surface area contributed by atoms with Crippen molar-refractivity contribution in [1.82, 2.24) is 5.43 Å². The molecule has 0 aromatic heterocycles. The molecule has 0 unspecified atom stereocenters. The zero-order valence-corrected chi connectivity index (χ0v) is 6.56. The van der Waals surface area contributed by atoms with Gasteiger partial charge >= 0.3 is 0 Å². The molecule has 0 saturated heterocycles. The first-order chi connectivity index (χ1) is 6.15. The number of nitrogens with zero attached hydrogens (tertiary/aromatic N) is 1. The molecule has 68 valence electrons. The number of nitrogens with one attached hydrogen (secondary N) is 1. The van der Waals surface area contributed by atoms with Crippen LogP contribution in [-0.2, 0) is 0 Å². The molecule has 1 rings (SSSR count). The van der Waals surface area contributed by atoms with Crippen molar-refractivity contribution in [3.05, 3.63) is 39.9 Å². The average molecular weight is 180 g/mol. The number of carbonyl (C=O) groups excluding carboxylic acids is 1. The van der Waals surface area contributed by atoms with Gasteiger partial charge in [0, 0.05) is 17.7 Å². The molecular weight excluding hydrogens is 173 g/mol. The molecular formula is C7H7N3O3. The van der Waals surface area contributed by atoms with E-state index in [1.807, 2.05) is 5.43 Å². The summed E-state index contributed by atoms with van der Waals surface area (Å²) in [4.78, 5) is 20.7. The molecule has 0 saturated carbocycles. The molecule has 0 aliphatic heterocycles. The van der Waals surface area contributed by atoms with E-state index in [4.69, 9.17) is 5.84 Å². The van der Waals surface area contributed by atoms with E-state index in [1.165, 1.54) is 18.2 Å². The van der Waals surface area contributed by atoms with Gasteiger partial charge in [-0.1, -0.05) is 6.07 Å². The topological polar surface area (TPSA) is 98.3 Å². The van der Waals surface area contributed by atoms with E-state index in [9.17, 15) is 14.9 Å². The monoisotopic (exact) mass is 180 g/mol. The average Bonchev–Trinajstić information content (AvgIpc) is 2.17. The predicted molar refractivity (Wildman–Crippen MR) is 44.8 cm³/mol. The summed E-state index contributed by atoms with van der Waals surface area (Å²) in [6.07, 6.45) is 0. The number of non-ortho nitro benzene ring substituents is 1. The van der Waals surface area contributed by atoms with Crippen LogP contribution in [0.15, 0.2) is 24.3 Å². The van der Waals surface area contributed by atoms with Crippen molar-refractivity contribution in [2.24, 2.45) is 5.84 Å². The molecule has 6 heteroatoms. The lowest BCUT2D eigenvalue weighted by Gasteiger charge is -1.97. The molecule has 0 heterocycles. The highest BCUT2D eigenvalue weighted by Crippen LogP contribution is 2.12. The summed E-state index contributed by atoms with van der Waals surface area (Å²) in [5.41, 5.74) is 1.91. The zero-order chi connectivity index (χ0) is 9.84. The SMILES string of the molecule is NN[11C](=O)c1cccc([N+](=O)[O-])c1. The number of hydrogen-bond donors (Lipinski definition) is 2. The summed E-state index contributed by atoms with van der Waals surface area (Å²) in [6.45, 7) is 0. The number of nitrogens with two attached hydrogens (primary N) is 1. The van der Waals surface area contributed by atoms with E-state index >= 15 is 0 Å². The smallest absolute Gasteiger partial charge is 0.270 e. The van der Waals surface area contributed by atoms with E-state index < -0.39 is 10.8 Å². The van der Waals surface area contributed by atoms with Crippen molar-refractivity contribution >= 4 is 11.6 Å². The van der Waals surface area contributed by atoms with E-state index in [1.54, 1.807) is 0 Å². The van der Waals surface area contributed by atoms with Gasteiger partial charge in [-0.05, 0) is 6.07 Å². The first-order valence-corrected chi connectivity index (χ1v) is 3.40. The van der Waals surface area contributed by atoms with Gasteiger partial charge in [0.1, 0.15) is 0 Å². The number of nitrogen functional groups attached to an aromatic ring is 1. The molecule has 13 heavy (non-hydrogen) atoms. The van der Waals surface area contributed by atoms with Gasteiger partial charge in [-0.25, -0.2) is 5.84 Å². The lowest BCUT2D eigenvalue weighted by molar-refractivity contribution is -0.384. The molecule has 3 N–H and O–H groups in total. The molecule has 6 nitrogen and oxygen atoms in total. The maximum Gasteiger partial charge on any atom is 0.270 e. The Kier molecular flexibility index (Phi) is 2.56. The van der Waals surface area contributed by atoms with Gasteiger partial charge in [0.25, 0.3) is 11.6 Å². The highest BCUT2D eigenvalue weighted by Gasteiger charge is 2.09. The fraction of sp³-hybridized carbons (Fsp3) is 0. The minimum atomic E-state index is -0.576. The van der Waals surface area contributed by atoms with Crippen LogP contribution in [0.25, 0.3) is 0 Å². The van der Waals surface area contributed by atoms with Crippen LogP contribution in [0.2, 0.25) is 0 Å². The van der Waals surface area contributed by atoms with Gasteiger partial charge < -0.3 is 0 Å². The molecule has 0 atom stereocenters. The van der Waals surface area contributed by atoms with Crippen LogP contribution in [0.1, 0.15) is 10.4 Å². The van der Waals surface area contributed by atoms with Crippen LogP contribution in [0.5, 0.6) is 0 Å². The molecule has 1 aromatic carbocycles. The Morgan fingerprint density at radius 2 is 2.23 bits per heavy atom. The molecule has 0 fully saturated rings. The molecule has 0 aliphatic rings. The van der Waals surface area contributed by atoms with Crippen molar-refractivity contribution in [2.75, 3.05) is 0 Å². The summed E-state index contributed by atoms with van der Waals surface area (Å²) >= 11 is 0. The number of amides is 1. The maximum absolute atomic E-state index is 10.9. The van der Waals surface area contributed by atoms with Crippen molar-refractivity contribution < 1.29 is 9.72 Å². The summed E-state index contributed by atoms with van der Waals surface area (Å²) in [7, 11) is 0. The number of nitro benzene ring substituents is 1. The quantitative estimate of drug-likeness (QED) is 0.294. The van der Waals surface area contributed by atoms with E-state index in [0.29, 0.717) is 0 Å². The van der Waals surface area contributed by atoms with E-state index in [2.05, 4.69) is 0 Å². The first-order valence-electron chi connectivity index (χ1n) is 3.40. The summed E-state index contributed by atoms with van der Waals surface area (Å²) in [5, 5.41) is 10.3. The van der Waals surface area contributed by atoms with Crippen molar-refractivity contribution in [2.45, 2.75) is 0 Å². The highest BCUT2D eigenvalue weighted by atomic mass is 16.6. The van der Waals surface area contributed by atoms with Crippen LogP contribution in [-0.4, -0.2) is 10.8 Å². The Hall–Kier alpha value is -1.95. The minimum Gasteiger partial charge on any atom is -0.290 e. The fourth-order valence-corrected chi connectivity index (χ4v) is 0.844. The maximum atomic E-state index is 10.9. The van der Waals surface area contributed by atoms with Gasteiger partial charge in [0.05, 0.1) is 4.92 Å². The number of rotatable bonds is 2. The Labute approximate surface area is 73.5 Å². The summed E-state index contributed by atoms with van der Waals surface area (Å²) in [6, 6.07) is 5.31. The molecule has 0 bridgehead atoms. The molecule has 0 aliphatic carbocycles. The fourth-order valence-electron chi connectivity index (χ4n) is 0.844. The van der Waals surface area contributed by atoms with Crippen LogP contribution in [0.4, 0.5) is 5.69 Å². The zero-order valence-electron chi connectivity index (χ0n) is 6.56. The third-order valence-electron chi connectivity index (χ3n) is 1.45. The van der Waals surface area contributed by atoms with Gasteiger partial charge in [-0.2, -0.15) is 0 Å². The normalized spacial score (nSPS) is 9.31. The lowest BCUT2D eigenvalue weighted by Crippen LogP contribution is -2.29. The number of nitro groups is 1. The van der Waals surface area contributed by atoms with Crippen molar-refractivity contribution in [3.63, 3.8) is 0 Å². The van der Waals surface area contributed by atoms with Crippen LogP contribution < -0.4 is 11.3 Å². The van der Waals surface area contributed by atoms with Gasteiger partial charge in [-0.15, -0.1) is 0 Å². The third-order valence-corrected chi connectivity index (χ3v) is 1.45. The molecule has 0 radical (unpaired) electrons. The number of hydrogen-bond acceptors (Lipinski definition) is 4. The van der Waals surface area contributed by atoms with Crippen molar-refractivity contribution in [3.8, 4) is 0 Å². The molecule has 1 amide bonds. The van der Waals surface area contributed by atoms with Crippen LogP contribution >= 0.6 is 0 Å². The Morgan fingerprint density at radius 1 is 1.54 bits per heavy atom. The first kappa shape index (κ1) is 9.14. The predicted octanol–water partition coefficient (Wildman–Crippen LogP) is 0.198. The standard InChI is InChI=1S/C7H7N3O3/c8-9-7(11)5-2-1-3-6(4-5)10(12)13/h1-4H,8H2,(H,9,11)/i7-1. The van der Waals surface area contributed by atoms with E-state index in [0.717, 1.165) is 6.07 Å². The number of carbonyl (C=O) groups is 1. The number of hydrazine groups is 1. The molecule has 1 aromatic rings. The number of benzene rings is 1.